The summed E-state index contributed by atoms with van der Waals surface area (Å²) in [5.74, 6) is 0.914. The van der Waals surface area contributed by atoms with E-state index in [1.54, 1.807) is 30.5 Å². The maximum atomic E-state index is 12.9. The van der Waals surface area contributed by atoms with E-state index in [0.29, 0.717) is 22.8 Å². The summed E-state index contributed by atoms with van der Waals surface area (Å²) >= 11 is 0. The first-order valence-corrected chi connectivity index (χ1v) is 10.1. The minimum absolute atomic E-state index is 0.168. The first kappa shape index (κ1) is 19.0. The van der Waals surface area contributed by atoms with Crippen molar-refractivity contribution in [1.82, 2.24) is 19.7 Å². The van der Waals surface area contributed by atoms with Crippen LogP contribution in [0, 0.1) is 13.8 Å². The van der Waals surface area contributed by atoms with Crippen LogP contribution in [0.1, 0.15) is 39.2 Å². The number of aryl methyl sites for hydroxylation is 3. The number of rotatable bonds is 4. The standard InChI is InChI=1S/C23H21N5O3/c1-13-8-9-15(11-14(13)2)21(29)25-20-12-18(19-7-4-10-31-19)27-28(20)23-24-17-6-3-5-16(17)22(30)26-23/h4,7-12H,3,5-6H2,1-2H3,(H,25,29)(H,24,26,30). The average molecular weight is 415 g/mol. The second-order valence-electron chi connectivity index (χ2n) is 7.73. The molecule has 4 aromatic rings. The molecule has 1 aliphatic carbocycles. The zero-order valence-corrected chi connectivity index (χ0v) is 17.2. The molecule has 0 fully saturated rings. The molecule has 8 heteroatoms. The lowest BCUT2D eigenvalue weighted by molar-refractivity contribution is 0.102. The third kappa shape index (κ3) is 3.46. The van der Waals surface area contributed by atoms with Crippen LogP contribution in [0.15, 0.2) is 51.9 Å². The number of carbonyl (C=O) groups excluding carboxylic acids is 1. The van der Waals surface area contributed by atoms with E-state index < -0.39 is 0 Å². The van der Waals surface area contributed by atoms with Crippen LogP contribution in [0.4, 0.5) is 5.82 Å². The van der Waals surface area contributed by atoms with Crippen LogP contribution in [0.5, 0.6) is 0 Å². The Bertz CT molecular complexity index is 1350. The second kappa shape index (κ2) is 7.39. The van der Waals surface area contributed by atoms with Crippen molar-refractivity contribution in [2.45, 2.75) is 33.1 Å². The van der Waals surface area contributed by atoms with Crippen LogP contribution in [-0.2, 0) is 12.8 Å². The molecule has 1 aliphatic rings. The summed E-state index contributed by atoms with van der Waals surface area (Å²) in [4.78, 5) is 32.9. The molecule has 0 saturated heterocycles. The van der Waals surface area contributed by atoms with Crippen LogP contribution >= 0.6 is 0 Å². The van der Waals surface area contributed by atoms with Gasteiger partial charge in [0, 0.05) is 17.2 Å². The van der Waals surface area contributed by atoms with Crippen molar-refractivity contribution in [3.63, 3.8) is 0 Å². The van der Waals surface area contributed by atoms with Gasteiger partial charge in [-0.05, 0) is 68.5 Å². The highest BCUT2D eigenvalue weighted by atomic mass is 16.3. The van der Waals surface area contributed by atoms with E-state index >= 15 is 0 Å². The molecule has 5 rings (SSSR count). The fraction of sp³-hybridized carbons (Fsp3) is 0.217. The molecule has 1 aromatic carbocycles. The molecule has 1 amide bonds. The zero-order valence-electron chi connectivity index (χ0n) is 17.2. The van der Waals surface area contributed by atoms with Crippen molar-refractivity contribution in [2.75, 3.05) is 5.32 Å². The first-order valence-electron chi connectivity index (χ1n) is 10.1. The lowest BCUT2D eigenvalue weighted by Crippen LogP contribution is -2.21. The molecule has 0 unspecified atom stereocenters. The van der Waals surface area contributed by atoms with Gasteiger partial charge < -0.3 is 9.73 Å². The second-order valence-corrected chi connectivity index (χ2v) is 7.73. The van der Waals surface area contributed by atoms with Crippen LogP contribution in [0.3, 0.4) is 0 Å². The number of fused-ring (bicyclic) bond motifs is 1. The molecule has 0 aliphatic heterocycles. The minimum atomic E-state index is -0.279. The van der Waals surface area contributed by atoms with E-state index in [2.05, 4.69) is 20.4 Å². The number of amides is 1. The Morgan fingerprint density at radius 2 is 2.03 bits per heavy atom. The summed E-state index contributed by atoms with van der Waals surface area (Å²) in [5.41, 5.74) is 4.53. The van der Waals surface area contributed by atoms with Crippen molar-refractivity contribution in [3.8, 4) is 17.4 Å². The number of nitrogens with zero attached hydrogens (tertiary/aromatic N) is 3. The summed E-state index contributed by atoms with van der Waals surface area (Å²) in [7, 11) is 0. The van der Waals surface area contributed by atoms with E-state index in [1.165, 1.54) is 4.68 Å². The highest BCUT2D eigenvalue weighted by molar-refractivity contribution is 6.04. The first-order chi connectivity index (χ1) is 15.0. The Hall–Kier alpha value is -3.94. The minimum Gasteiger partial charge on any atom is -0.463 e. The molecular weight excluding hydrogens is 394 g/mol. The maximum Gasteiger partial charge on any atom is 0.256 e. The van der Waals surface area contributed by atoms with Gasteiger partial charge in [-0.25, -0.2) is 4.98 Å². The zero-order chi connectivity index (χ0) is 21.5. The van der Waals surface area contributed by atoms with Crippen LogP contribution in [-0.4, -0.2) is 25.7 Å². The summed E-state index contributed by atoms with van der Waals surface area (Å²) < 4.78 is 6.90. The number of furan rings is 1. The van der Waals surface area contributed by atoms with Gasteiger partial charge in [-0.15, -0.1) is 0 Å². The largest absolute Gasteiger partial charge is 0.463 e. The summed E-state index contributed by atoms with van der Waals surface area (Å²) in [5, 5.41) is 7.44. The number of benzene rings is 1. The summed E-state index contributed by atoms with van der Waals surface area (Å²) in [6.07, 6.45) is 3.94. The van der Waals surface area contributed by atoms with Gasteiger partial charge in [-0.3, -0.25) is 14.6 Å². The monoisotopic (exact) mass is 415 g/mol. The number of H-pyrrole nitrogens is 1. The van der Waals surface area contributed by atoms with Crippen molar-refractivity contribution in [3.05, 3.63) is 81.0 Å². The molecule has 0 spiro atoms. The Balaban J connectivity index is 1.58. The van der Waals surface area contributed by atoms with E-state index in [9.17, 15) is 9.59 Å². The summed E-state index contributed by atoms with van der Waals surface area (Å²) in [6, 6.07) is 10.8. The molecule has 8 nitrogen and oxygen atoms in total. The van der Waals surface area contributed by atoms with E-state index in [-0.39, 0.29) is 17.4 Å². The highest BCUT2D eigenvalue weighted by Crippen LogP contribution is 2.25. The van der Waals surface area contributed by atoms with Gasteiger partial charge in [0.05, 0.1) is 12.0 Å². The topological polar surface area (TPSA) is 106 Å². The van der Waals surface area contributed by atoms with Gasteiger partial charge in [-0.1, -0.05) is 6.07 Å². The Morgan fingerprint density at radius 1 is 1.16 bits per heavy atom. The van der Waals surface area contributed by atoms with Gasteiger partial charge >= 0.3 is 0 Å². The molecule has 0 bridgehead atoms. The number of nitrogens with one attached hydrogen (secondary N) is 2. The average Bonchev–Trinajstić information content (AvgIpc) is 3.50. The number of anilines is 1. The van der Waals surface area contributed by atoms with E-state index in [0.717, 1.165) is 41.6 Å². The fourth-order valence-corrected chi connectivity index (χ4v) is 3.78. The van der Waals surface area contributed by atoms with E-state index in [1.807, 2.05) is 26.0 Å². The van der Waals surface area contributed by atoms with Crippen molar-refractivity contribution in [1.29, 1.82) is 0 Å². The normalized spacial score (nSPS) is 12.7. The predicted molar refractivity (Wildman–Crippen MR) is 116 cm³/mol. The lowest BCUT2D eigenvalue weighted by atomic mass is 10.1. The highest BCUT2D eigenvalue weighted by Gasteiger charge is 2.21. The molecule has 2 N–H and O–H groups in total. The molecule has 3 aromatic heterocycles. The van der Waals surface area contributed by atoms with Gasteiger partial charge in [0.25, 0.3) is 11.5 Å². The molecule has 31 heavy (non-hydrogen) atoms. The summed E-state index contributed by atoms with van der Waals surface area (Å²) in [6.45, 7) is 3.96. The van der Waals surface area contributed by atoms with Crippen LogP contribution in [0.25, 0.3) is 17.4 Å². The molecule has 3 heterocycles. The molecule has 0 radical (unpaired) electrons. The maximum absolute atomic E-state index is 12.9. The third-order valence-corrected chi connectivity index (χ3v) is 5.62. The Kier molecular flexibility index (Phi) is 4.54. The number of aromatic amines is 1. The van der Waals surface area contributed by atoms with Crippen molar-refractivity contribution in [2.24, 2.45) is 0 Å². The molecular formula is C23H21N5O3. The van der Waals surface area contributed by atoms with Gasteiger partial charge in [0.1, 0.15) is 11.5 Å². The lowest BCUT2D eigenvalue weighted by Gasteiger charge is -2.10. The SMILES string of the molecule is Cc1ccc(C(=O)Nc2cc(-c3ccco3)nn2-c2nc3c(c(=O)[nH]2)CCC3)cc1C. The van der Waals surface area contributed by atoms with Gasteiger partial charge in [0.15, 0.2) is 5.76 Å². The third-order valence-electron chi connectivity index (χ3n) is 5.62. The number of carbonyl (C=O) groups is 1. The Labute approximate surface area is 178 Å². The molecule has 0 saturated carbocycles. The quantitative estimate of drug-likeness (QED) is 0.530. The molecule has 0 atom stereocenters. The van der Waals surface area contributed by atoms with Gasteiger partial charge in [0.2, 0.25) is 5.95 Å². The van der Waals surface area contributed by atoms with E-state index in [4.69, 9.17) is 4.42 Å². The van der Waals surface area contributed by atoms with Crippen LogP contribution in [0.2, 0.25) is 0 Å². The predicted octanol–water partition coefficient (Wildman–Crippen LogP) is 3.57. The number of hydrogen-bond acceptors (Lipinski definition) is 5. The smallest absolute Gasteiger partial charge is 0.256 e. The van der Waals surface area contributed by atoms with Crippen LogP contribution < -0.4 is 10.9 Å². The molecule has 156 valence electrons. The Morgan fingerprint density at radius 3 is 2.81 bits per heavy atom. The van der Waals surface area contributed by atoms with Gasteiger partial charge in [-0.2, -0.15) is 9.78 Å². The van der Waals surface area contributed by atoms with Crippen molar-refractivity contribution >= 4 is 11.7 Å². The number of hydrogen-bond donors (Lipinski definition) is 2. The number of aromatic nitrogens is 4. The fourth-order valence-electron chi connectivity index (χ4n) is 3.78. The van der Waals surface area contributed by atoms with Crippen molar-refractivity contribution < 1.29 is 9.21 Å².